The van der Waals surface area contributed by atoms with Gasteiger partial charge in [0.15, 0.2) is 11.5 Å². The zero-order valence-electron chi connectivity index (χ0n) is 18.8. The molecule has 170 valence electrons. The molecule has 31 heavy (non-hydrogen) atoms. The number of β-amino-alcohol motifs (C(OH)–C–C–N with tert-alkyl or cyclic N) is 1. The van der Waals surface area contributed by atoms with Crippen LogP contribution in [0.5, 0.6) is 11.5 Å². The van der Waals surface area contributed by atoms with Crippen LogP contribution >= 0.6 is 11.6 Å². The number of benzene rings is 2. The third-order valence-corrected chi connectivity index (χ3v) is 5.94. The molecule has 1 N–H and O–H groups in total. The molecule has 0 bridgehead atoms. The summed E-state index contributed by atoms with van der Waals surface area (Å²) >= 11 is 6.29. The first-order valence-electron chi connectivity index (χ1n) is 10.7. The number of aliphatic hydroxyl groups excluding tert-OH is 1. The van der Waals surface area contributed by atoms with Gasteiger partial charge < -0.3 is 19.5 Å². The maximum Gasteiger partial charge on any atom is 0.161 e. The summed E-state index contributed by atoms with van der Waals surface area (Å²) in [6, 6.07) is 13.8. The van der Waals surface area contributed by atoms with E-state index in [0.29, 0.717) is 18.0 Å². The summed E-state index contributed by atoms with van der Waals surface area (Å²) in [4.78, 5) is 6.79. The summed E-state index contributed by atoms with van der Waals surface area (Å²) in [7, 11) is 5.82. The van der Waals surface area contributed by atoms with Crippen LogP contribution in [0, 0.1) is 0 Å². The number of methoxy groups -OCH3 is 1. The molecule has 1 fully saturated rings. The van der Waals surface area contributed by atoms with Crippen molar-refractivity contribution < 1.29 is 14.6 Å². The quantitative estimate of drug-likeness (QED) is 0.604. The molecule has 1 unspecified atom stereocenters. The van der Waals surface area contributed by atoms with Crippen LogP contribution < -0.4 is 9.47 Å². The van der Waals surface area contributed by atoms with Gasteiger partial charge in [0.05, 0.1) is 7.11 Å². The summed E-state index contributed by atoms with van der Waals surface area (Å²) in [6.45, 7) is 6.38. The van der Waals surface area contributed by atoms with Crippen molar-refractivity contribution in [3.05, 3.63) is 58.6 Å². The van der Waals surface area contributed by atoms with E-state index in [1.165, 1.54) is 0 Å². The average molecular weight is 448 g/mol. The normalized spacial score (nSPS) is 16.5. The second-order valence-corrected chi connectivity index (χ2v) is 8.72. The van der Waals surface area contributed by atoms with Crippen molar-refractivity contribution in [1.82, 2.24) is 14.7 Å². The number of aliphatic hydroxyl groups is 1. The highest BCUT2D eigenvalue weighted by Crippen LogP contribution is 2.29. The summed E-state index contributed by atoms with van der Waals surface area (Å²) in [5, 5.41) is 11.2. The van der Waals surface area contributed by atoms with Gasteiger partial charge in [-0.05, 0) is 43.4 Å². The minimum Gasteiger partial charge on any atom is -0.493 e. The highest BCUT2D eigenvalue weighted by Gasteiger charge is 2.18. The van der Waals surface area contributed by atoms with Gasteiger partial charge in [0.1, 0.15) is 12.7 Å². The van der Waals surface area contributed by atoms with Crippen LogP contribution in [0.1, 0.15) is 11.1 Å². The van der Waals surface area contributed by atoms with E-state index in [9.17, 15) is 5.11 Å². The second-order valence-electron chi connectivity index (χ2n) is 8.32. The first-order valence-corrected chi connectivity index (χ1v) is 11.1. The van der Waals surface area contributed by atoms with Gasteiger partial charge in [-0.1, -0.05) is 35.9 Å². The monoisotopic (exact) mass is 447 g/mol. The number of rotatable bonds is 10. The Bertz CT molecular complexity index is 827. The molecule has 2 aromatic rings. The van der Waals surface area contributed by atoms with Gasteiger partial charge in [-0.2, -0.15) is 0 Å². The standard InChI is InChI=1S/C24H34ClN3O3/c1-26-10-12-28(13-11-26)17-21(29)18-31-24-14-19(8-9-23(24)30-3)15-27(2)16-20-6-4-5-7-22(20)25/h4-9,14,21,29H,10-13,15-18H2,1-3H3. The van der Waals surface area contributed by atoms with Crippen molar-refractivity contribution >= 4 is 11.6 Å². The van der Waals surface area contributed by atoms with E-state index in [1.54, 1.807) is 7.11 Å². The predicted molar refractivity (Wildman–Crippen MR) is 125 cm³/mol. The summed E-state index contributed by atoms with van der Waals surface area (Å²) < 4.78 is 11.4. The Morgan fingerprint density at radius 3 is 2.52 bits per heavy atom. The van der Waals surface area contributed by atoms with Gasteiger partial charge in [-0.25, -0.2) is 0 Å². The maximum atomic E-state index is 10.5. The molecule has 1 aliphatic rings. The van der Waals surface area contributed by atoms with Gasteiger partial charge >= 0.3 is 0 Å². The van der Waals surface area contributed by atoms with Crippen molar-refractivity contribution in [2.45, 2.75) is 19.2 Å². The van der Waals surface area contributed by atoms with E-state index < -0.39 is 6.10 Å². The van der Waals surface area contributed by atoms with Crippen LogP contribution in [0.4, 0.5) is 0 Å². The predicted octanol–water partition coefficient (Wildman–Crippen LogP) is 2.97. The van der Waals surface area contributed by atoms with Crippen molar-refractivity contribution in [2.24, 2.45) is 0 Å². The van der Waals surface area contributed by atoms with Crippen molar-refractivity contribution in [1.29, 1.82) is 0 Å². The molecular weight excluding hydrogens is 414 g/mol. The fraction of sp³-hybridized carbons (Fsp3) is 0.500. The topological polar surface area (TPSA) is 48.4 Å². The molecule has 2 aromatic carbocycles. The number of halogens is 1. The molecule has 1 heterocycles. The van der Waals surface area contributed by atoms with Gasteiger partial charge in [-0.15, -0.1) is 0 Å². The fourth-order valence-corrected chi connectivity index (χ4v) is 3.98. The molecule has 0 aromatic heterocycles. The maximum absolute atomic E-state index is 10.5. The lowest BCUT2D eigenvalue weighted by Crippen LogP contribution is -2.47. The lowest BCUT2D eigenvalue weighted by molar-refractivity contribution is 0.0497. The molecule has 6 nitrogen and oxygen atoms in total. The Kier molecular flexibility index (Phi) is 8.99. The van der Waals surface area contributed by atoms with Gasteiger partial charge in [0.25, 0.3) is 0 Å². The van der Waals surface area contributed by atoms with E-state index in [2.05, 4.69) is 28.8 Å². The zero-order valence-corrected chi connectivity index (χ0v) is 19.5. The highest BCUT2D eigenvalue weighted by molar-refractivity contribution is 6.31. The Morgan fingerprint density at radius 2 is 1.81 bits per heavy atom. The molecule has 0 saturated carbocycles. The molecule has 1 saturated heterocycles. The molecule has 0 radical (unpaired) electrons. The molecule has 3 rings (SSSR count). The zero-order chi connectivity index (χ0) is 22.2. The van der Waals surface area contributed by atoms with E-state index in [0.717, 1.165) is 55.4 Å². The Labute approximate surface area is 190 Å². The summed E-state index contributed by atoms with van der Waals surface area (Å²) in [6.07, 6.45) is -0.542. The Balaban J connectivity index is 1.55. The molecular formula is C24H34ClN3O3. The molecule has 0 amide bonds. The molecule has 0 spiro atoms. The largest absolute Gasteiger partial charge is 0.493 e. The minimum absolute atomic E-state index is 0.238. The summed E-state index contributed by atoms with van der Waals surface area (Å²) in [5.74, 6) is 1.33. The van der Waals surface area contributed by atoms with Crippen molar-refractivity contribution in [2.75, 3.05) is 60.5 Å². The average Bonchev–Trinajstić information content (AvgIpc) is 2.75. The molecule has 0 aliphatic carbocycles. The van der Waals surface area contributed by atoms with Crippen molar-refractivity contribution in [3.63, 3.8) is 0 Å². The van der Waals surface area contributed by atoms with Crippen molar-refractivity contribution in [3.8, 4) is 11.5 Å². The fourth-order valence-electron chi connectivity index (χ4n) is 3.78. The van der Waals surface area contributed by atoms with E-state index in [1.807, 2.05) is 42.5 Å². The first-order chi connectivity index (χ1) is 14.9. The molecule has 1 aliphatic heterocycles. The van der Waals surface area contributed by atoms with E-state index >= 15 is 0 Å². The van der Waals surface area contributed by atoms with E-state index in [-0.39, 0.29) is 6.61 Å². The SMILES string of the molecule is COc1ccc(CN(C)Cc2ccccc2Cl)cc1OCC(O)CN1CCN(C)CC1. The lowest BCUT2D eigenvalue weighted by Gasteiger charge is -2.33. The van der Waals surface area contributed by atoms with E-state index in [4.69, 9.17) is 21.1 Å². The molecule has 1 atom stereocenters. The van der Waals surface area contributed by atoms with Gasteiger partial charge in [-0.3, -0.25) is 9.80 Å². The number of piperazine rings is 1. The number of hydrogen-bond acceptors (Lipinski definition) is 6. The third-order valence-electron chi connectivity index (χ3n) is 5.57. The number of hydrogen-bond donors (Lipinski definition) is 1. The van der Waals surface area contributed by atoms with Crippen LogP contribution in [0.2, 0.25) is 5.02 Å². The van der Waals surface area contributed by atoms with Crippen LogP contribution in [-0.2, 0) is 13.1 Å². The Hall–Kier alpha value is -1.83. The third kappa shape index (κ3) is 7.37. The van der Waals surface area contributed by atoms with Gasteiger partial charge in [0.2, 0.25) is 0 Å². The number of likely N-dealkylation sites (N-methyl/N-ethyl adjacent to an activating group) is 1. The highest BCUT2D eigenvalue weighted by atomic mass is 35.5. The number of nitrogens with zero attached hydrogens (tertiary/aromatic N) is 3. The van der Waals surface area contributed by atoms with Gasteiger partial charge in [0, 0.05) is 50.8 Å². The minimum atomic E-state index is -0.542. The van der Waals surface area contributed by atoms with Crippen LogP contribution in [0.15, 0.2) is 42.5 Å². The lowest BCUT2D eigenvalue weighted by atomic mass is 10.1. The van der Waals surface area contributed by atoms with Crippen LogP contribution in [0.25, 0.3) is 0 Å². The van der Waals surface area contributed by atoms with Crippen LogP contribution in [-0.4, -0.2) is 86.4 Å². The van der Waals surface area contributed by atoms with Crippen LogP contribution in [0.3, 0.4) is 0 Å². The number of ether oxygens (including phenoxy) is 2. The Morgan fingerprint density at radius 1 is 1.06 bits per heavy atom. The first kappa shape index (κ1) is 23.8. The smallest absolute Gasteiger partial charge is 0.161 e. The summed E-state index contributed by atoms with van der Waals surface area (Å²) in [5.41, 5.74) is 2.21. The second kappa shape index (κ2) is 11.7. The molecule has 7 heteroatoms.